The van der Waals surface area contributed by atoms with Crippen LogP contribution >= 0.6 is 11.3 Å². The molecule has 0 radical (unpaired) electrons. The summed E-state index contributed by atoms with van der Waals surface area (Å²) in [4.78, 5) is 2.13. The lowest BCUT2D eigenvalue weighted by atomic mass is 10.1. The Hall–Kier alpha value is -1.52. The van der Waals surface area contributed by atoms with E-state index in [9.17, 15) is 5.11 Å². The average molecular weight is 277 g/mol. The van der Waals surface area contributed by atoms with Crippen LogP contribution in [0.5, 0.6) is 5.75 Å². The van der Waals surface area contributed by atoms with E-state index in [1.165, 1.54) is 5.56 Å². The first-order valence-corrected chi connectivity index (χ1v) is 7.15. The van der Waals surface area contributed by atoms with Gasteiger partial charge in [0.1, 0.15) is 5.75 Å². The van der Waals surface area contributed by atoms with Crippen molar-refractivity contribution in [2.45, 2.75) is 19.6 Å². The van der Waals surface area contributed by atoms with E-state index in [1.54, 1.807) is 25.4 Å². The van der Waals surface area contributed by atoms with Gasteiger partial charge in [0.25, 0.3) is 0 Å². The third-order valence-corrected chi connectivity index (χ3v) is 3.82. The predicted octanol–water partition coefficient (Wildman–Crippen LogP) is 3.45. The molecule has 0 aliphatic heterocycles. The molecular formula is C15H19NO2S. The Bertz CT molecular complexity index is 523. The summed E-state index contributed by atoms with van der Waals surface area (Å²) in [6.45, 7) is 2.58. The number of methoxy groups -OCH3 is 1. The van der Waals surface area contributed by atoms with E-state index < -0.39 is 6.10 Å². The zero-order valence-corrected chi connectivity index (χ0v) is 12.3. The van der Waals surface area contributed by atoms with E-state index in [4.69, 9.17) is 4.74 Å². The Labute approximate surface area is 118 Å². The summed E-state index contributed by atoms with van der Waals surface area (Å²) in [6.07, 6.45) is -0.559. The minimum Gasteiger partial charge on any atom is -0.496 e. The number of hydrogen-bond acceptors (Lipinski definition) is 4. The minimum absolute atomic E-state index is 0.559. The normalized spacial score (nSPS) is 12.2. The lowest BCUT2D eigenvalue weighted by molar-refractivity contribution is 0.194. The van der Waals surface area contributed by atoms with Crippen molar-refractivity contribution in [1.82, 2.24) is 0 Å². The molecule has 2 aromatic rings. The molecule has 102 valence electrons. The number of nitrogens with zero attached hydrogens (tertiary/aromatic N) is 1. The van der Waals surface area contributed by atoms with Crippen LogP contribution in [-0.2, 0) is 6.54 Å². The summed E-state index contributed by atoms with van der Waals surface area (Å²) in [5.41, 5.74) is 3.11. The molecule has 3 nitrogen and oxygen atoms in total. The van der Waals surface area contributed by atoms with E-state index >= 15 is 0 Å². The van der Waals surface area contributed by atoms with Crippen molar-refractivity contribution in [2.24, 2.45) is 0 Å². The number of aliphatic hydroxyl groups is 1. The maximum Gasteiger partial charge on any atom is 0.126 e. The number of aliphatic hydroxyl groups excluding tert-OH is 1. The van der Waals surface area contributed by atoms with Crippen LogP contribution in [0.2, 0.25) is 0 Å². The van der Waals surface area contributed by atoms with E-state index in [0.717, 1.165) is 23.5 Å². The van der Waals surface area contributed by atoms with E-state index in [2.05, 4.69) is 21.7 Å². The highest BCUT2D eigenvalue weighted by molar-refractivity contribution is 7.07. The van der Waals surface area contributed by atoms with Crippen molar-refractivity contribution in [3.05, 3.63) is 46.2 Å². The van der Waals surface area contributed by atoms with Gasteiger partial charge in [0.05, 0.1) is 13.2 Å². The van der Waals surface area contributed by atoms with Crippen LogP contribution in [0.4, 0.5) is 5.69 Å². The summed E-state index contributed by atoms with van der Waals surface area (Å²) in [5, 5.41) is 14.2. The van der Waals surface area contributed by atoms with Crippen LogP contribution in [0.3, 0.4) is 0 Å². The molecule has 0 saturated heterocycles. The van der Waals surface area contributed by atoms with Crippen molar-refractivity contribution in [3.8, 4) is 5.75 Å². The standard InChI is InChI=1S/C15H19NO2S/c1-11(17)15-13(5-4-6-14(15)18-3)16(2)9-12-7-8-19-10-12/h4-8,10-11,17H,9H2,1-3H3/t11-/m1/s1. The molecule has 1 heterocycles. The largest absolute Gasteiger partial charge is 0.496 e. The van der Waals surface area contributed by atoms with Crippen molar-refractivity contribution >= 4 is 17.0 Å². The number of ether oxygens (including phenoxy) is 1. The molecule has 2 rings (SSSR count). The SMILES string of the molecule is COc1cccc(N(C)Cc2ccsc2)c1[C@@H](C)O. The number of benzene rings is 1. The van der Waals surface area contributed by atoms with Gasteiger partial charge in [-0.2, -0.15) is 11.3 Å². The van der Waals surface area contributed by atoms with Gasteiger partial charge in [-0.1, -0.05) is 6.07 Å². The van der Waals surface area contributed by atoms with Gasteiger partial charge in [-0.25, -0.2) is 0 Å². The third kappa shape index (κ3) is 3.08. The molecule has 1 aromatic heterocycles. The molecule has 0 spiro atoms. The maximum atomic E-state index is 9.99. The molecular weight excluding hydrogens is 258 g/mol. The third-order valence-electron chi connectivity index (χ3n) is 3.09. The Morgan fingerprint density at radius 1 is 1.37 bits per heavy atom. The molecule has 0 aliphatic carbocycles. The molecule has 1 N–H and O–H groups in total. The zero-order chi connectivity index (χ0) is 13.8. The number of rotatable bonds is 5. The highest BCUT2D eigenvalue weighted by Crippen LogP contribution is 2.34. The van der Waals surface area contributed by atoms with Crippen LogP contribution in [0, 0.1) is 0 Å². The predicted molar refractivity (Wildman–Crippen MR) is 80.1 cm³/mol. The number of thiophene rings is 1. The molecule has 1 atom stereocenters. The Morgan fingerprint density at radius 3 is 2.74 bits per heavy atom. The summed E-state index contributed by atoms with van der Waals surface area (Å²) < 4.78 is 5.35. The quantitative estimate of drug-likeness (QED) is 0.908. The summed E-state index contributed by atoms with van der Waals surface area (Å²) in [7, 11) is 3.65. The second-order valence-electron chi connectivity index (χ2n) is 4.56. The lowest BCUT2D eigenvalue weighted by Gasteiger charge is -2.24. The van der Waals surface area contributed by atoms with Gasteiger partial charge in [0.15, 0.2) is 0 Å². The molecule has 4 heteroatoms. The zero-order valence-electron chi connectivity index (χ0n) is 11.5. The highest BCUT2D eigenvalue weighted by Gasteiger charge is 2.16. The van der Waals surface area contributed by atoms with E-state index in [0.29, 0.717) is 0 Å². The van der Waals surface area contributed by atoms with Crippen LogP contribution in [0.15, 0.2) is 35.0 Å². The van der Waals surface area contributed by atoms with Crippen molar-refractivity contribution in [3.63, 3.8) is 0 Å². The monoisotopic (exact) mass is 277 g/mol. The lowest BCUT2D eigenvalue weighted by Crippen LogP contribution is -2.18. The van der Waals surface area contributed by atoms with Gasteiger partial charge >= 0.3 is 0 Å². The minimum atomic E-state index is -0.559. The van der Waals surface area contributed by atoms with Crippen LogP contribution in [-0.4, -0.2) is 19.3 Å². The molecule has 0 unspecified atom stereocenters. The average Bonchev–Trinajstić information content (AvgIpc) is 2.90. The van der Waals surface area contributed by atoms with Crippen molar-refractivity contribution in [2.75, 3.05) is 19.1 Å². The summed E-state index contributed by atoms with van der Waals surface area (Å²) in [6, 6.07) is 7.95. The molecule has 1 aromatic carbocycles. The van der Waals surface area contributed by atoms with Gasteiger partial charge < -0.3 is 14.7 Å². The van der Waals surface area contributed by atoms with E-state index in [-0.39, 0.29) is 0 Å². The van der Waals surface area contributed by atoms with Crippen LogP contribution in [0.25, 0.3) is 0 Å². The number of anilines is 1. The smallest absolute Gasteiger partial charge is 0.126 e. The van der Waals surface area contributed by atoms with Crippen LogP contribution in [0.1, 0.15) is 24.2 Å². The van der Waals surface area contributed by atoms with Gasteiger partial charge in [0.2, 0.25) is 0 Å². The summed E-state index contributed by atoms with van der Waals surface area (Å²) >= 11 is 1.69. The fraction of sp³-hybridized carbons (Fsp3) is 0.333. The molecule has 0 amide bonds. The van der Waals surface area contributed by atoms with Gasteiger partial charge in [-0.3, -0.25) is 0 Å². The molecule has 0 saturated carbocycles. The van der Waals surface area contributed by atoms with Crippen molar-refractivity contribution < 1.29 is 9.84 Å². The Kier molecular flexibility index (Phi) is 4.45. The van der Waals surface area contributed by atoms with Gasteiger partial charge in [-0.15, -0.1) is 0 Å². The first-order chi connectivity index (χ1) is 9.13. The Balaban J connectivity index is 2.32. The second-order valence-corrected chi connectivity index (χ2v) is 5.34. The van der Waals surface area contributed by atoms with Crippen molar-refractivity contribution in [1.29, 1.82) is 0 Å². The second kappa shape index (κ2) is 6.08. The fourth-order valence-electron chi connectivity index (χ4n) is 2.20. The summed E-state index contributed by atoms with van der Waals surface area (Å²) in [5.74, 6) is 0.727. The van der Waals surface area contributed by atoms with Crippen LogP contribution < -0.4 is 9.64 Å². The first kappa shape index (κ1) is 13.9. The van der Waals surface area contributed by atoms with E-state index in [1.807, 2.05) is 25.2 Å². The first-order valence-electron chi connectivity index (χ1n) is 6.20. The molecule has 19 heavy (non-hydrogen) atoms. The van der Waals surface area contributed by atoms with Gasteiger partial charge in [0, 0.05) is 24.8 Å². The molecule has 0 aliphatic rings. The topological polar surface area (TPSA) is 32.7 Å². The molecule has 0 bridgehead atoms. The highest BCUT2D eigenvalue weighted by atomic mass is 32.1. The fourth-order valence-corrected chi connectivity index (χ4v) is 2.86. The van der Waals surface area contributed by atoms with Gasteiger partial charge in [-0.05, 0) is 41.4 Å². The molecule has 0 fully saturated rings. The number of hydrogen-bond donors (Lipinski definition) is 1. The maximum absolute atomic E-state index is 9.99. The Morgan fingerprint density at radius 2 is 2.16 bits per heavy atom.